The summed E-state index contributed by atoms with van der Waals surface area (Å²) >= 11 is 0. The van der Waals surface area contributed by atoms with Crippen LogP contribution < -0.4 is 4.74 Å². The Kier molecular flexibility index (Phi) is 7.45. The topological polar surface area (TPSA) is 63.7 Å². The number of carbonyl (C=O) groups excluding carboxylic acids is 1. The minimum atomic E-state index is -3.46. The van der Waals surface area contributed by atoms with Crippen molar-refractivity contribution in [1.29, 1.82) is 0 Å². The fourth-order valence-electron chi connectivity index (χ4n) is 3.22. The Labute approximate surface area is 179 Å². The fraction of sp³-hybridized carbons (Fsp3) is 0.375. The highest BCUT2D eigenvalue weighted by Gasteiger charge is 2.27. The smallest absolute Gasteiger partial charge is 0.243 e. The minimum absolute atomic E-state index is 0.169. The second kappa shape index (κ2) is 10.0. The molecule has 6 heteroatoms. The normalized spacial score (nSPS) is 15.2. The Morgan fingerprint density at radius 3 is 2.27 bits per heavy atom. The molecule has 0 spiro atoms. The molecule has 0 unspecified atom stereocenters. The largest absolute Gasteiger partial charge is 0.494 e. The summed E-state index contributed by atoms with van der Waals surface area (Å²) < 4.78 is 32.3. The number of carbonyl (C=O) groups is 1. The van der Waals surface area contributed by atoms with E-state index in [9.17, 15) is 13.2 Å². The Hall–Kier alpha value is -2.44. The Morgan fingerprint density at radius 2 is 1.67 bits per heavy atom. The van der Waals surface area contributed by atoms with Gasteiger partial charge in [-0.25, -0.2) is 8.42 Å². The Bertz CT molecular complexity index is 971. The number of hydrogen-bond donors (Lipinski definition) is 0. The van der Waals surface area contributed by atoms with Crippen LogP contribution in [0.5, 0.6) is 5.75 Å². The lowest BCUT2D eigenvalue weighted by molar-refractivity contribution is 0.104. The third-order valence-electron chi connectivity index (χ3n) is 5.11. The molecule has 1 aliphatic rings. The number of nitrogens with zero attached hydrogens (tertiary/aromatic N) is 1. The van der Waals surface area contributed by atoms with E-state index in [2.05, 4.69) is 13.8 Å². The molecule has 30 heavy (non-hydrogen) atoms. The minimum Gasteiger partial charge on any atom is -0.494 e. The lowest BCUT2D eigenvalue weighted by Gasteiger charge is -2.15. The van der Waals surface area contributed by atoms with E-state index in [1.165, 1.54) is 22.5 Å². The van der Waals surface area contributed by atoms with Gasteiger partial charge in [-0.15, -0.1) is 0 Å². The van der Waals surface area contributed by atoms with Crippen LogP contribution in [0.3, 0.4) is 0 Å². The molecular formula is C24H29NO4S. The molecule has 160 valence electrons. The second-order valence-electron chi connectivity index (χ2n) is 7.93. The molecule has 0 amide bonds. The van der Waals surface area contributed by atoms with E-state index in [0.717, 1.165) is 30.6 Å². The van der Waals surface area contributed by atoms with Crippen LogP contribution in [0.4, 0.5) is 0 Å². The second-order valence-corrected chi connectivity index (χ2v) is 9.87. The molecule has 1 saturated heterocycles. The number of allylic oxidation sites excluding steroid dienone is 1. The highest BCUT2D eigenvalue weighted by Crippen LogP contribution is 2.21. The van der Waals surface area contributed by atoms with Crippen molar-refractivity contribution >= 4 is 21.9 Å². The van der Waals surface area contributed by atoms with Gasteiger partial charge in [0, 0.05) is 18.7 Å². The van der Waals surface area contributed by atoms with Gasteiger partial charge >= 0.3 is 0 Å². The number of sulfonamides is 1. The average Bonchev–Trinajstić information content (AvgIpc) is 3.29. The van der Waals surface area contributed by atoms with Crippen molar-refractivity contribution in [2.45, 2.75) is 38.0 Å². The monoisotopic (exact) mass is 427 g/mol. The first kappa shape index (κ1) is 22.2. The van der Waals surface area contributed by atoms with E-state index in [4.69, 9.17) is 4.74 Å². The van der Waals surface area contributed by atoms with Crippen LogP contribution >= 0.6 is 0 Å². The molecule has 2 aromatic rings. The van der Waals surface area contributed by atoms with E-state index in [1.807, 2.05) is 24.3 Å². The number of hydrogen-bond acceptors (Lipinski definition) is 4. The van der Waals surface area contributed by atoms with Crippen LogP contribution in [-0.4, -0.2) is 38.2 Å². The number of ketones is 1. The molecule has 0 aromatic heterocycles. The predicted octanol–water partition coefficient (Wildman–Crippen LogP) is 4.79. The summed E-state index contributed by atoms with van der Waals surface area (Å²) in [4.78, 5) is 12.7. The molecule has 0 aliphatic carbocycles. The first-order valence-corrected chi connectivity index (χ1v) is 11.9. The summed E-state index contributed by atoms with van der Waals surface area (Å²) in [5.74, 6) is 1.25. The quantitative estimate of drug-likeness (QED) is 0.426. The standard InChI is InChI=1S/C24H29NO4S/c1-19(2)15-18-29-22-10-5-20(6-11-22)7-14-24(26)21-8-12-23(13-9-21)30(27,28)25-16-3-4-17-25/h5-14,19H,3-4,15-18H2,1-2H3. The maximum atomic E-state index is 12.6. The van der Waals surface area contributed by atoms with Crippen LogP contribution in [0.15, 0.2) is 59.5 Å². The zero-order valence-corrected chi connectivity index (χ0v) is 18.4. The van der Waals surface area contributed by atoms with Crippen LogP contribution in [0.1, 0.15) is 49.0 Å². The van der Waals surface area contributed by atoms with Crippen LogP contribution in [0.2, 0.25) is 0 Å². The summed E-state index contributed by atoms with van der Waals surface area (Å²) in [6, 6.07) is 13.8. The lowest BCUT2D eigenvalue weighted by atomic mass is 10.1. The van der Waals surface area contributed by atoms with Gasteiger partial charge in [0.05, 0.1) is 11.5 Å². The third-order valence-corrected chi connectivity index (χ3v) is 7.03. The van der Waals surface area contributed by atoms with Crippen molar-refractivity contribution in [2.24, 2.45) is 5.92 Å². The molecular weight excluding hydrogens is 398 g/mol. The zero-order valence-electron chi connectivity index (χ0n) is 17.6. The van der Waals surface area contributed by atoms with E-state index in [0.29, 0.717) is 31.2 Å². The fourth-order valence-corrected chi connectivity index (χ4v) is 4.74. The number of benzene rings is 2. The van der Waals surface area contributed by atoms with Crippen LogP contribution in [-0.2, 0) is 10.0 Å². The zero-order chi connectivity index (χ0) is 21.6. The van der Waals surface area contributed by atoms with E-state index in [1.54, 1.807) is 18.2 Å². The van der Waals surface area contributed by atoms with Crippen molar-refractivity contribution < 1.29 is 17.9 Å². The first-order valence-electron chi connectivity index (χ1n) is 10.4. The van der Waals surface area contributed by atoms with E-state index in [-0.39, 0.29) is 10.7 Å². The molecule has 0 bridgehead atoms. The van der Waals surface area contributed by atoms with Crippen molar-refractivity contribution in [3.63, 3.8) is 0 Å². The SMILES string of the molecule is CC(C)CCOc1ccc(C=CC(=O)c2ccc(S(=O)(=O)N3CCCC3)cc2)cc1. The van der Waals surface area contributed by atoms with Crippen molar-refractivity contribution in [3.05, 3.63) is 65.7 Å². The van der Waals surface area contributed by atoms with Gasteiger partial charge < -0.3 is 4.74 Å². The summed E-state index contributed by atoms with van der Waals surface area (Å²) in [5.41, 5.74) is 1.35. The third kappa shape index (κ3) is 5.80. The highest BCUT2D eigenvalue weighted by molar-refractivity contribution is 7.89. The predicted molar refractivity (Wildman–Crippen MR) is 119 cm³/mol. The van der Waals surface area contributed by atoms with Gasteiger partial charge in [0.15, 0.2) is 5.78 Å². The van der Waals surface area contributed by atoms with Crippen molar-refractivity contribution in [3.8, 4) is 5.75 Å². The summed E-state index contributed by atoms with van der Waals surface area (Å²) in [6.45, 7) is 6.14. The van der Waals surface area contributed by atoms with Gasteiger partial charge in [-0.05, 0) is 73.2 Å². The van der Waals surface area contributed by atoms with Gasteiger partial charge in [-0.3, -0.25) is 4.79 Å². The summed E-state index contributed by atoms with van der Waals surface area (Å²) in [6.07, 6.45) is 6.04. The molecule has 5 nitrogen and oxygen atoms in total. The molecule has 3 rings (SSSR count). The molecule has 1 aliphatic heterocycles. The van der Waals surface area contributed by atoms with Gasteiger partial charge in [0.25, 0.3) is 0 Å². The van der Waals surface area contributed by atoms with E-state index < -0.39 is 10.0 Å². The van der Waals surface area contributed by atoms with Crippen LogP contribution in [0.25, 0.3) is 6.08 Å². The molecule has 0 saturated carbocycles. The number of ether oxygens (including phenoxy) is 1. The van der Waals surface area contributed by atoms with Crippen molar-refractivity contribution in [2.75, 3.05) is 19.7 Å². The summed E-state index contributed by atoms with van der Waals surface area (Å²) in [5, 5.41) is 0. The van der Waals surface area contributed by atoms with Gasteiger partial charge in [-0.2, -0.15) is 4.31 Å². The molecule has 1 heterocycles. The molecule has 2 aromatic carbocycles. The van der Waals surface area contributed by atoms with Crippen LogP contribution in [0, 0.1) is 5.92 Å². The summed E-state index contributed by atoms with van der Waals surface area (Å²) in [7, 11) is -3.46. The van der Waals surface area contributed by atoms with Gasteiger partial charge in [0.2, 0.25) is 10.0 Å². The lowest BCUT2D eigenvalue weighted by Crippen LogP contribution is -2.27. The Balaban J connectivity index is 1.59. The molecule has 0 radical (unpaired) electrons. The Morgan fingerprint density at radius 1 is 1.03 bits per heavy atom. The molecule has 0 N–H and O–H groups in total. The number of rotatable bonds is 9. The molecule has 1 fully saturated rings. The highest BCUT2D eigenvalue weighted by atomic mass is 32.2. The van der Waals surface area contributed by atoms with Gasteiger partial charge in [-0.1, -0.05) is 32.1 Å². The first-order chi connectivity index (χ1) is 14.4. The molecule has 0 atom stereocenters. The van der Waals surface area contributed by atoms with Gasteiger partial charge in [0.1, 0.15) is 5.75 Å². The maximum absolute atomic E-state index is 12.6. The maximum Gasteiger partial charge on any atom is 0.243 e. The average molecular weight is 428 g/mol. The van der Waals surface area contributed by atoms with E-state index >= 15 is 0 Å². The van der Waals surface area contributed by atoms with Crippen molar-refractivity contribution in [1.82, 2.24) is 4.31 Å².